The summed E-state index contributed by atoms with van der Waals surface area (Å²) in [4.78, 5) is 11.4. The minimum Gasteiger partial charge on any atom is -0.497 e. The van der Waals surface area contributed by atoms with Crippen LogP contribution in [0.4, 0.5) is 0 Å². The van der Waals surface area contributed by atoms with Crippen LogP contribution in [0, 0.1) is 5.92 Å². The van der Waals surface area contributed by atoms with Crippen molar-refractivity contribution in [1.82, 2.24) is 30.3 Å². The molecular formula is C21H33N7O. The Bertz CT molecular complexity index is 787. The highest BCUT2D eigenvalue weighted by atomic mass is 16.5. The van der Waals surface area contributed by atoms with Gasteiger partial charge >= 0.3 is 0 Å². The van der Waals surface area contributed by atoms with Gasteiger partial charge in [-0.3, -0.25) is 9.58 Å². The van der Waals surface area contributed by atoms with Gasteiger partial charge in [-0.05, 0) is 57.0 Å². The highest BCUT2D eigenvalue weighted by Crippen LogP contribution is 2.35. The molecule has 1 aromatic carbocycles. The SMILES string of the molecule is CCNC(=NCc1ncnn1C)NCC1CCCN(C)C1c1ccc(OC)cc1. The minimum atomic E-state index is 0.378. The molecule has 1 aromatic heterocycles. The molecule has 8 nitrogen and oxygen atoms in total. The van der Waals surface area contributed by atoms with Gasteiger partial charge in [0.25, 0.3) is 0 Å². The molecule has 0 radical (unpaired) electrons. The molecule has 2 atom stereocenters. The number of ether oxygens (including phenoxy) is 1. The summed E-state index contributed by atoms with van der Waals surface area (Å²) in [7, 11) is 5.81. The third kappa shape index (κ3) is 5.47. The number of piperidine rings is 1. The number of aromatic nitrogens is 3. The molecule has 0 bridgehead atoms. The number of rotatable bonds is 7. The lowest BCUT2D eigenvalue weighted by molar-refractivity contribution is 0.122. The summed E-state index contributed by atoms with van der Waals surface area (Å²) < 4.78 is 7.07. The van der Waals surface area contributed by atoms with Gasteiger partial charge in [-0.1, -0.05) is 12.1 Å². The molecule has 0 aliphatic carbocycles. The quantitative estimate of drug-likeness (QED) is 0.547. The van der Waals surface area contributed by atoms with Gasteiger partial charge in [0.1, 0.15) is 24.4 Å². The Kier molecular flexibility index (Phi) is 7.46. The van der Waals surface area contributed by atoms with Gasteiger partial charge in [0.05, 0.1) is 7.11 Å². The Balaban J connectivity index is 1.68. The monoisotopic (exact) mass is 399 g/mol. The standard InChI is InChI=1S/C21H33N7O/c1-5-22-21(24-14-19-25-15-26-28(19)3)23-13-17-7-6-12-27(2)20(17)16-8-10-18(29-4)11-9-16/h8-11,15,17,20H,5-7,12-14H2,1-4H3,(H2,22,23,24). The molecule has 0 amide bonds. The summed E-state index contributed by atoms with van der Waals surface area (Å²) in [6, 6.07) is 8.85. The molecule has 1 saturated heterocycles. The number of aliphatic imine (C=N–C) groups is 1. The van der Waals surface area contributed by atoms with E-state index in [1.807, 2.05) is 7.05 Å². The maximum atomic E-state index is 5.32. The molecule has 0 spiro atoms. The summed E-state index contributed by atoms with van der Waals surface area (Å²) in [6.07, 6.45) is 3.96. The summed E-state index contributed by atoms with van der Waals surface area (Å²) in [5.74, 6) is 3.06. The topological polar surface area (TPSA) is 79.6 Å². The molecule has 2 unspecified atom stereocenters. The second kappa shape index (κ2) is 10.2. The first-order valence-electron chi connectivity index (χ1n) is 10.3. The van der Waals surface area contributed by atoms with Crippen molar-refractivity contribution in [3.63, 3.8) is 0 Å². The van der Waals surface area contributed by atoms with Crippen molar-refractivity contribution in [3.8, 4) is 5.75 Å². The predicted molar refractivity (Wildman–Crippen MR) is 115 cm³/mol. The van der Waals surface area contributed by atoms with Crippen LogP contribution in [-0.4, -0.2) is 59.4 Å². The van der Waals surface area contributed by atoms with E-state index in [1.165, 1.54) is 18.4 Å². The van der Waals surface area contributed by atoms with E-state index < -0.39 is 0 Å². The Labute approximate surface area is 173 Å². The molecule has 2 heterocycles. The fourth-order valence-electron chi connectivity index (χ4n) is 3.98. The molecule has 1 fully saturated rings. The molecule has 0 saturated carbocycles. The van der Waals surface area contributed by atoms with Crippen molar-refractivity contribution in [3.05, 3.63) is 42.0 Å². The first-order chi connectivity index (χ1) is 14.1. The van der Waals surface area contributed by atoms with E-state index in [2.05, 4.69) is 68.8 Å². The second-order valence-corrected chi connectivity index (χ2v) is 7.48. The minimum absolute atomic E-state index is 0.378. The van der Waals surface area contributed by atoms with Gasteiger partial charge in [0.2, 0.25) is 0 Å². The average molecular weight is 400 g/mol. The number of nitrogens with zero attached hydrogens (tertiary/aromatic N) is 5. The molecule has 8 heteroatoms. The maximum absolute atomic E-state index is 5.32. The van der Waals surface area contributed by atoms with Crippen molar-refractivity contribution in [1.29, 1.82) is 0 Å². The number of aryl methyl sites for hydroxylation is 1. The van der Waals surface area contributed by atoms with Crippen LogP contribution in [0.2, 0.25) is 0 Å². The van der Waals surface area contributed by atoms with E-state index in [9.17, 15) is 0 Å². The summed E-state index contributed by atoms with van der Waals surface area (Å²) >= 11 is 0. The number of hydrogen-bond donors (Lipinski definition) is 2. The highest BCUT2D eigenvalue weighted by molar-refractivity contribution is 5.79. The molecule has 1 aliphatic rings. The van der Waals surface area contributed by atoms with Crippen LogP contribution in [0.5, 0.6) is 5.75 Å². The highest BCUT2D eigenvalue weighted by Gasteiger charge is 2.30. The number of hydrogen-bond acceptors (Lipinski definition) is 5. The molecule has 2 N–H and O–H groups in total. The zero-order chi connectivity index (χ0) is 20.6. The van der Waals surface area contributed by atoms with Gasteiger partial charge < -0.3 is 15.4 Å². The largest absolute Gasteiger partial charge is 0.497 e. The lowest BCUT2D eigenvalue weighted by Gasteiger charge is -2.40. The van der Waals surface area contributed by atoms with Crippen molar-refractivity contribution >= 4 is 5.96 Å². The molecular weight excluding hydrogens is 366 g/mol. The van der Waals surface area contributed by atoms with Crippen molar-refractivity contribution < 1.29 is 4.74 Å². The number of benzene rings is 1. The summed E-state index contributed by atoms with van der Waals surface area (Å²) in [5.41, 5.74) is 1.33. The van der Waals surface area contributed by atoms with Crippen LogP contribution in [0.25, 0.3) is 0 Å². The fraction of sp³-hybridized carbons (Fsp3) is 0.571. The van der Waals surface area contributed by atoms with Crippen molar-refractivity contribution in [2.45, 2.75) is 32.4 Å². The molecule has 1 aliphatic heterocycles. The smallest absolute Gasteiger partial charge is 0.191 e. The molecule has 2 aromatic rings. The average Bonchev–Trinajstić information content (AvgIpc) is 3.15. The zero-order valence-electron chi connectivity index (χ0n) is 17.9. The Morgan fingerprint density at radius 3 is 2.69 bits per heavy atom. The second-order valence-electron chi connectivity index (χ2n) is 7.48. The van der Waals surface area contributed by atoms with E-state index in [1.54, 1.807) is 18.1 Å². The molecule has 3 rings (SSSR count). The lowest BCUT2D eigenvalue weighted by atomic mass is 9.85. The number of guanidine groups is 1. The maximum Gasteiger partial charge on any atom is 0.191 e. The first-order valence-corrected chi connectivity index (χ1v) is 10.3. The summed E-state index contributed by atoms with van der Waals surface area (Å²) in [5, 5.41) is 11.0. The third-order valence-corrected chi connectivity index (χ3v) is 5.52. The van der Waals surface area contributed by atoms with Crippen molar-refractivity contribution in [2.75, 3.05) is 33.8 Å². The van der Waals surface area contributed by atoms with E-state index in [4.69, 9.17) is 4.74 Å². The first kappa shape index (κ1) is 21.1. The van der Waals surface area contributed by atoms with E-state index in [0.29, 0.717) is 18.5 Å². The van der Waals surface area contributed by atoms with Gasteiger partial charge in [-0.15, -0.1) is 0 Å². The van der Waals surface area contributed by atoms with E-state index in [-0.39, 0.29) is 0 Å². The van der Waals surface area contributed by atoms with E-state index >= 15 is 0 Å². The predicted octanol–water partition coefficient (Wildman–Crippen LogP) is 1.96. The Morgan fingerprint density at radius 1 is 1.24 bits per heavy atom. The van der Waals surface area contributed by atoms with Crippen LogP contribution in [0.15, 0.2) is 35.6 Å². The van der Waals surface area contributed by atoms with Crippen LogP contribution in [-0.2, 0) is 13.6 Å². The van der Waals surface area contributed by atoms with Crippen molar-refractivity contribution in [2.24, 2.45) is 18.0 Å². The Hall–Kier alpha value is -2.61. The van der Waals surface area contributed by atoms with Crippen LogP contribution < -0.4 is 15.4 Å². The van der Waals surface area contributed by atoms with Gasteiger partial charge in [-0.25, -0.2) is 9.98 Å². The fourth-order valence-corrected chi connectivity index (χ4v) is 3.98. The van der Waals surface area contributed by atoms with Crippen LogP contribution >= 0.6 is 0 Å². The van der Waals surface area contributed by atoms with Gasteiger partial charge in [0, 0.05) is 26.2 Å². The van der Waals surface area contributed by atoms with E-state index in [0.717, 1.165) is 37.2 Å². The lowest BCUT2D eigenvalue weighted by Crippen LogP contribution is -2.45. The number of nitrogens with one attached hydrogen (secondary N) is 2. The third-order valence-electron chi connectivity index (χ3n) is 5.52. The molecule has 29 heavy (non-hydrogen) atoms. The van der Waals surface area contributed by atoms with Gasteiger partial charge in [-0.2, -0.15) is 5.10 Å². The molecule has 158 valence electrons. The zero-order valence-corrected chi connectivity index (χ0v) is 17.9. The van der Waals surface area contributed by atoms with Gasteiger partial charge in [0.15, 0.2) is 5.96 Å². The summed E-state index contributed by atoms with van der Waals surface area (Å²) in [6.45, 7) is 5.38. The van der Waals surface area contributed by atoms with Crippen LogP contribution in [0.3, 0.4) is 0 Å². The Morgan fingerprint density at radius 2 is 2.03 bits per heavy atom. The number of likely N-dealkylation sites (tertiary alicyclic amines) is 1. The normalized spacial score (nSPS) is 20.5. The number of methoxy groups -OCH3 is 1. The van der Waals surface area contributed by atoms with Crippen LogP contribution in [0.1, 0.15) is 37.2 Å².